The SMILES string of the molecule is C=C(C)c1cc(-c2cccnc2OC)c(OCOC)cc1Cl. The van der Waals surface area contributed by atoms with E-state index in [-0.39, 0.29) is 6.79 Å². The Morgan fingerprint density at radius 2 is 2.05 bits per heavy atom. The van der Waals surface area contributed by atoms with Crippen LogP contribution in [0.4, 0.5) is 0 Å². The van der Waals surface area contributed by atoms with Crippen LogP contribution in [0.15, 0.2) is 37.0 Å². The van der Waals surface area contributed by atoms with E-state index in [1.807, 2.05) is 25.1 Å². The highest BCUT2D eigenvalue weighted by molar-refractivity contribution is 6.32. The molecule has 0 fully saturated rings. The maximum atomic E-state index is 6.31. The molecule has 0 unspecified atom stereocenters. The molecule has 4 nitrogen and oxygen atoms in total. The summed E-state index contributed by atoms with van der Waals surface area (Å²) >= 11 is 6.31. The molecule has 0 spiro atoms. The molecule has 0 radical (unpaired) electrons. The molecule has 0 aliphatic rings. The highest BCUT2D eigenvalue weighted by Gasteiger charge is 2.16. The van der Waals surface area contributed by atoms with Crippen LogP contribution < -0.4 is 9.47 Å². The van der Waals surface area contributed by atoms with Crippen LogP contribution >= 0.6 is 11.6 Å². The lowest BCUT2D eigenvalue weighted by molar-refractivity contribution is 0.0515. The first-order valence-electron chi connectivity index (χ1n) is 6.69. The number of pyridine rings is 1. The van der Waals surface area contributed by atoms with Crippen LogP contribution in [0.5, 0.6) is 11.6 Å². The van der Waals surface area contributed by atoms with Gasteiger partial charge in [-0.2, -0.15) is 0 Å². The second-order valence-electron chi connectivity index (χ2n) is 4.72. The Morgan fingerprint density at radius 1 is 1.27 bits per heavy atom. The second-order valence-corrected chi connectivity index (χ2v) is 5.13. The van der Waals surface area contributed by atoms with Gasteiger partial charge < -0.3 is 14.2 Å². The quantitative estimate of drug-likeness (QED) is 0.739. The van der Waals surface area contributed by atoms with Gasteiger partial charge in [-0.25, -0.2) is 4.98 Å². The lowest BCUT2D eigenvalue weighted by atomic mass is 10.00. The van der Waals surface area contributed by atoms with E-state index < -0.39 is 0 Å². The molecule has 0 amide bonds. The summed E-state index contributed by atoms with van der Waals surface area (Å²) in [6.45, 7) is 5.99. The third-order valence-electron chi connectivity index (χ3n) is 3.12. The summed E-state index contributed by atoms with van der Waals surface area (Å²) in [6, 6.07) is 7.44. The normalized spacial score (nSPS) is 10.4. The van der Waals surface area contributed by atoms with Crippen molar-refractivity contribution in [1.29, 1.82) is 0 Å². The first kappa shape index (κ1) is 16.3. The van der Waals surface area contributed by atoms with Gasteiger partial charge in [0.25, 0.3) is 0 Å². The van der Waals surface area contributed by atoms with Gasteiger partial charge in [-0.15, -0.1) is 0 Å². The lowest BCUT2D eigenvalue weighted by Crippen LogP contribution is -2.02. The van der Waals surface area contributed by atoms with E-state index in [1.54, 1.807) is 26.5 Å². The van der Waals surface area contributed by atoms with Crippen LogP contribution in [-0.2, 0) is 4.74 Å². The van der Waals surface area contributed by atoms with Crippen LogP contribution in [0.25, 0.3) is 16.7 Å². The third kappa shape index (κ3) is 3.40. The summed E-state index contributed by atoms with van der Waals surface area (Å²) in [4.78, 5) is 4.23. The predicted octanol–water partition coefficient (Wildman–Crippen LogP) is 4.43. The summed E-state index contributed by atoms with van der Waals surface area (Å²) in [6.07, 6.45) is 1.67. The van der Waals surface area contributed by atoms with Gasteiger partial charge in [0.2, 0.25) is 5.88 Å². The number of hydrogen-bond acceptors (Lipinski definition) is 4. The Hall–Kier alpha value is -2.04. The number of hydrogen-bond donors (Lipinski definition) is 0. The molecular weight excluding hydrogens is 302 g/mol. The number of halogens is 1. The fourth-order valence-electron chi connectivity index (χ4n) is 2.09. The van der Waals surface area contributed by atoms with E-state index in [9.17, 15) is 0 Å². The molecule has 0 saturated carbocycles. The molecule has 1 aromatic carbocycles. The van der Waals surface area contributed by atoms with E-state index in [1.165, 1.54) is 0 Å². The van der Waals surface area contributed by atoms with Gasteiger partial charge >= 0.3 is 0 Å². The minimum Gasteiger partial charge on any atom is -0.481 e. The zero-order valence-corrected chi connectivity index (χ0v) is 13.6. The average Bonchev–Trinajstić information content (AvgIpc) is 2.52. The summed E-state index contributed by atoms with van der Waals surface area (Å²) < 4.78 is 16.0. The van der Waals surface area contributed by atoms with Crippen molar-refractivity contribution in [3.8, 4) is 22.8 Å². The lowest BCUT2D eigenvalue weighted by Gasteiger charge is -2.16. The minimum atomic E-state index is 0.123. The largest absolute Gasteiger partial charge is 0.481 e. The van der Waals surface area contributed by atoms with Crippen LogP contribution in [0.3, 0.4) is 0 Å². The molecule has 22 heavy (non-hydrogen) atoms. The number of nitrogens with zero attached hydrogens (tertiary/aromatic N) is 1. The molecule has 2 rings (SSSR count). The van der Waals surface area contributed by atoms with Crippen LogP contribution in [0.2, 0.25) is 5.02 Å². The number of rotatable bonds is 6. The molecule has 5 heteroatoms. The molecule has 2 aromatic rings. The van der Waals surface area contributed by atoms with E-state index >= 15 is 0 Å². The van der Waals surface area contributed by atoms with Crippen LogP contribution in [0.1, 0.15) is 12.5 Å². The number of ether oxygens (including phenoxy) is 3. The minimum absolute atomic E-state index is 0.123. The zero-order valence-electron chi connectivity index (χ0n) is 12.9. The highest BCUT2D eigenvalue weighted by Crippen LogP contribution is 2.40. The fourth-order valence-corrected chi connectivity index (χ4v) is 2.41. The van der Waals surface area contributed by atoms with Crippen molar-refractivity contribution in [2.24, 2.45) is 0 Å². The van der Waals surface area contributed by atoms with Gasteiger partial charge in [0.05, 0.1) is 12.1 Å². The maximum Gasteiger partial charge on any atom is 0.221 e. The van der Waals surface area contributed by atoms with Gasteiger partial charge in [-0.3, -0.25) is 0 Å². The van der Waals surface area contributed by atoms with E-state index in [2.05, 4.69) is 11.6 Å². The van der Waals surface area contributed by atoms with Crippen LogP contribution in [-0.4, -0.2) is 26.0 Å². The first-order valence-corrected chi connectivity index (χ1v) is 7.06. The van der Waals surface area contributed by atoms with Gasteiger partial charge in [-0.05, 0) is 36.3 Å². The number of benzene rings is 1. The van der Waals surface area contributed by atoms with Crippen molar-refractivity contribution < 1.29 is 14.2 Å². The van der Waals surface area contributed by atoms with E-state index in [4.69, 9.17) is 25.8 Å². The third-order valence-corrected chi connectivity index (χ3v) is 3.43. The number of aromatic nitrogens is 1. The summed E-state index contributed by atoms with van der Waals surface area (Å²) in [5.41, 5.74) is 3.36. The summed E-state index contributed by atoms with van der Waals surface area (Å²) in [7, 11) is 3.14. The van der Waals surface area contributed by atoms with Crippen molar-refractivity contribution in [3.05, 3.63) is 47.6 Å². The smallest absolute Gasteiger partial charge is 0.221 e. The van der Waals surface area contributed by atoms with Crippen molar-refractivity contribution in [2.75, 3.05) is 21.0 Å². The Kier molecular flexibility index (Phi) is 5.41. The Labute approximate surface area is 135 Å². The Morgan fingerprint density at radius 3 is 2.68 bits per heavy atom. The molecule has 0 N–H and O–H groups in total. The van der Waals surface area contributed by atoms with Gasteiger partial charge in [-0.1, -0.05) is 18.2 Å². The van der Waals surface area contributed by atoms with Crippen molar-refractivity contribution in [1.82, 2.24) is 4.98 Å². The molecule has 0 bridgehead atoms. The standard InChI is InChI=1S/C17H18ClNO3/c1-11(2)13-8-14(12-6-5-7-19-17(12)21-4)16(9-15(13)18)22-10-20-3/h5-9H,1,10H2,2-4H3. The zero-order chi connectivity index (χ0) is 16.1. The van der Waals surface area contributed by atoms with Gasteiger partial charge in [0.1, 0.15) is 5.75 Å². The monoisotopic (exact) mass is 319 g/mol. The van der Waals surface area contributed by atoms with Crippen molar-refractivity contribution in [3.63, 3.8) is 0 Å². The van der Waals surface area contributed by atoms with Gasteiger partial charge in [0.15, 0.2) is 6.79 Å². The van der Waals surface area contributed by atoms with E-state index in [0.29, 0.717) is 16.7 Å². The number of methoxy groups -OCH3 is 2. The maximum absolute atomic E-state index is 6.31. The summed E-state index contributed by atoms with van der Waals surface area (Å²) in [5, 5.41) is 0.574. The van der Waals surface area contributed by atoms with E-state index in [0.717, 1.165) is 22.3 Å². The predicted molar refractivity (Wildman–Crippen MR) is 88.4 cm³/mol. The number of allylic oxidation sites excluding steroid dienone is 1. The highest BCUT2D eigenvalue weighted by atomic mass is 35.5. The Bertz CT molecular complexity index is 686. The topological polar surface area (TPSA) is 40.6 Å². The molecule has 1 heterocycles. The molecule has 0 saturated heterocycles. The molecule has 0 aliphatic heterocycles. The second kappa shape index (κ2) is 7.29. The van der Waals surface area contributed by atoms with Crippen molar-refractivity contribution >= 4 is 17.2 Å². The average molecular weight is 320 g/mol. The molecule has 1 aromatic heterocycles. The molecule has 116 valence electrons. The summed E-state index contributed by atoms with van der Waals surface area (Å²) in [5.74, 6) is 1.11. The molecule has 0 aliphatic carbocycles. The Balaban J connectivity index is 2.64. The molecule has 0 atom stereocenters. The van der Waals surface area contributed by atoms with Gasteiger partial charge in [0, 0.05) is 30.5 Å². The van der Waals surface area contributed by atoms with Crippen LogP contribution in [0, 0.1) is 0 Å². The van der Waals surface area contributed by atoms with Crippen molar-refractivity contribution in [2.45, 2.75) is 6.92 Å². The first-order chi connectivity index (χ1) is 10.6. The molecular formula is C17H18ClNO3. The fraction of sp³-hybridized carbons (Fsp3) is 0.235.